The SMILES string of the molecule is COC(=O)/C(C#N)=C/C1=Cc2cc(Cl)ccc2OC1. The van der Waals surface area contributed by atoms with E-state index in [1.807, 2.05) is 6.08 Å². The number of carbonyl (C=O) groups is 1. The van der Waals surface area contributed by atoms with Gasteiger partial charge in [-0.3, -0.25) is 0 Å². The molecule has 0 amide bonds. The topological polar surface area (TPSA) is 59.3 Å². The van der Waals surface area contributed by atoms with Crippen LogP contribution < -0.4 is 4.74 Å². The molecule has 0 radical (unpaired) electrons. The third kappa shape index (κ3) is 2.95. The number of rotatable bonds is 2. The van der Waals surface area contributed by atoms with Gasteiger partial charge in [-0.15, -0.1) is 0 Å². The summed E-state index contributed by atoms with van der Waals surface area (Å²) >= 11 is 5.90. The van der Waals surface area contributed by atoms with E-state index >= 15 is 0 Å². The quantitative estimate of drug-likeness (QED) is 0.473. The molecular weight excluding hydrogens is 266 g/mol. The van der Waals surface area contributed by atoms with E-state index < -0.39 is 5.97 Å². The number of esters is 1. The molecule has 1 aromatic rings. The number of fused-ring (bicyclic) bond motifs is 1. The van der Waals surface area contributed by atoms with Gasteiger partial charge in [0.2, 0.25) is 0 Å². The standard InChI is InChI=1S/C14H10ClNO3/c1-18-14(17)11(7-16)5-9-4-10-6-12(15)2-3-13(10)19-8-9/h2-6H,8H2,1H3/b11-5+. The van der Waals surface area contributed by atoms with Gasteiger partial charge in [-0.25, -0.2) is 4.79 Å². The van der Waals surface area contributed by atoms with Crippen molar-refractivity contribution in [2.75, 3.05) is 13.7 Å². The summed E-state index contributed by atoms with van der Waals surface area (Å²) in [4.78, 5) is 11.3. The van der Waals surface area contributed by atoms with Gasteiger partial charge in [0, 0.05) is 10.6 Å². The van der Waals surface area contributed by atoms with Gasteiger partial charge < -0.3 is 9.47 Å². The Balaban J connectivity index is 2.36. The molecule has 1 aliphatic heterocycles. The molecule has 0 aromatic heterocycles. The highest BCUT2D eigenvalue weighted by Gasteiger charge is 2.14. The van der Waals surface area contributed by atoms with Crippen molar-refractivity contribution in [1.82, 2.24) is 0 Å². The first-order chi connectivity index (χ1) is 9.13. The molecule has 0 N–H and O–H groups in total. The summed E-state index contributed by atoms with van der Waals surface area (Å²) in [7, 11) is 1.23. The average molecular weight is 276 g/mol. The zero-order chi connectivity index (χ0) is 13.8. The first kappa shape index (κ1) is 13.2. The fraction of sp³-hybridized carbons (Fsp3) is 0.143. The minimum Gasteiger partial charge on any atom is -0.488 e. The van der Waals surface area contributed by atoms with Crippen molar-refractivity contribution < 1.29 is 14.3 Å². The molecule has 0 bridgehead atoms. The maximum Gasteiger partial charge on any atom is 0.348 e. The second-order valence-electron chi connectivity index (χ2n) is 3.85. The third-order valence-corrected chi connectivity index (χ3v) is 2.80. The molecule has 0 aliphatic carbocycles. The molecule has 0 spiro atoms. The first-order valence-corrected chi connectivity index (χ1v) is 5.85. The van der Waals surface area contributed by atoms with E-state index in [-0.39, 0.29) is 12.2 Å². The number of benzene rings is 1. The van der Waals surface area contributed by atoms with Crippen LogP contribution in [-0.4, -0.2) is 19.7 Å². The van der Waals surface area contributed by atoms with Crippen LogP contribution in [0.15, 0.2) is 35.4 Å². The number of ether oxygens (including phenoxy) is 2. The van der Waals surface area contributed by atoms with Crippen LogP contribution in [-0.2, 0) is 9.53 Å². The molecular formula is C14H10ClNO3. The van der Waals surface area contributed by atoms with Crippen LogP contribution in [0, 0.1) is 11.3 Å². The lowest BCUT2D eigenvalue weighted by molar-refractivity contribution is -0.135. The normalized spacial score (nSPS) is 13.7. The molecule has 1 aromatic carbocycles. The summed E-state index contributed by atoms with van der Waals surface area (Å²) in [5, 5.41) is 9.48. The lowest BCUT2D eigenvalue weighted by Gasteiger charge is -2.16. The minimum atomic E-state index is -0.666. The van der Waals surface area contributed by atoms with E-state index in [1.54, 1.807) is 24.3 Å². The smallest absolute Gasteiger partial charge is 0.348 e. The Hall–Kier alpha value is -2.25. The predicted molar refractivity (Wildman–Crippen MR) is 70.6 cm³/mol. The predicted octanol–water partition coefficient (Wildman–Crippen LogP) is 2.74. The second-order valence-corrected chi connectivity index (χ2v) is 4.29. The Morgan fingerprint density at radius 2 is 2.37 bits per heavy atom. The van der Waals surface area contributed by atoms with E-state index in [1.165, 1.54) is 13.2 Å². The summed E-state index contributed by atoms with van der Waals surface area (Å²) in [6.07, 6.45) is 3.28. The molecule has 19 heavy (non-hydrogen) atoms. The van der Waals surface area contributed by atoms with Gasteiger partial charge in [0.15, 0.2) is 0 Å². The summed E-state index contributed by atoms with van der Waals surface area (Å²) in [6, 6.07) is 7.08. The average Bonchev–Trinajstić information content (AvgIpc) is 2.43. The molecule has 0 unspecified atom stereocenters. The Morgan fingerprint density at radius 1 is 1.58 bits per heavy atom. The number of hydrogen-bond acceptors (Lipinski definition) is 4. The van der Waals surface area contributed by atoms with Crippen molar-refractivity contribution in [2.24, 2.45) is 0 Å². The van der Waals surface area contributed by atoms with Crippen molar-refractivity contribution >= 4 is 23.6 Å². The summed E-state index contributed by atoms with van der Waals surface area (Å²) in [5.41, 5.74) is 1.45. The molecule has 1 aliphatic rings. The Labute approximate surface area is 115 Å². The molecule has 0 fully saturated rings. The van der Waals surface area contributed by atoms with E-state index in [9.17, 15) is 4.79 Å². The molecule has 0 saturated carbocycles. The number of nitriles is 1. The minimum absolute atomic E-state index is 0.0668. The zero-order valence-corrected chi connectivity index (χ0v) is 10.9. The highest BCUT2D eigenvalue weighted by Crippen LogP contribution is 2.29. The molecule has 2 rings (SSSR count). The molecule has 0 saturated heterocycles. The number of methoxy groups -OCH3 is 1. The number of halogens is 1. The van der Waals surface area contributed by atoms with Crippen molar-refractivity contribution in [3.8, 4) is 11.8 Å². The van der Waals surface area contributed by atoms with Crippen LogP contribution in [0.2, 0.25) is 5.02 Å². The molecule has 5 heteroatoms. The van der Waals surface area contributed by atoms with Crippen molar-refractivity contribution in [3.05, 3.63) is 46.0 Å². The molecule has 0 atom stereocenters. The van der Waals surface area contributed by atoms with Gasteiger partial charge >= 0.3 is 5.97 Å². The lowest BCUT2D eigenvalue weighted by atomic mass is 10.1. The maximum absolute atomic E-state index is 11.3. The van der Waals surface area contributed by atoms with E-state index in [2.05, 4.69) is 4.74 Å². The van der Waals surface area contributed by atoms with E-state index in [0.717, 1.165) is 11.3 Å². The van der Waals surface area contributed by atoms with Gasteiger partial charge in [0.05, 0.1) is 7.11 Å². The van der Waals surface area contributed by atoms with E-state index in [4.69, 9.17) is 21.6 Å². The van der Waals surface area contributed by atoms with Gasteiger partial charge in [0.25, 0.3) is 0 Å². The van der Waals surface area contributed by atoms with Crippen LogP contribution in [0.3, 0.4) is 0 Å². The molecule has 1 heterocycles. The fourth-order valence-electron chi connectivity index (χ4n) is 1.68. The number of nitrogens with zero attached hydrogens (tertiary/aromatic N) is 1. The van der Waals surface area contributed by atoms with Gasteiger partial charge in [-0.1, -0.05) is 11.6 Å². The lowest BCUT2D eigenvalue weighted by Crippen LogP contribution is -2.09. The van der Waals surface area contributed by atoms with Gasteiger partial charge in [-0.2, -0.15) is 5.26 Å². The van der Waals surface area contributed by atoms with Gasteiger partial charge in [0.1, 0.15) is 24.0 Å². The Morgan fingerprint density at radius 3 is 3.05 bits per heavy atom. The van der Waals surface area contributed by atoms with Crippen LogP contribution in [0.5, 0.6) is 5.75 Å². The monoisotopic (exact) mass is 275 g/mol. The highest BCUT2D eigenvalue weighted by molar-refractivity contribution is 6.30. The summed E-state index contributed by atoms with van der Waals surface area (Å²) in [6.45, 7) is 0.288. The van der Waals surface area contributed by atoms with Crippen LogP contribution in [0.4, 0.5) is 0 Å². The van der Waals surface area contributed by atoms with E-state index in [0.29, 0.717) is 10.6 Å². The van der Waals surface area contributed by atoms with Crippen molar-refractivity contribution in [2.45, 2.75) is 0 Å². The zero-order valence-electron chi connectivity index (χ0n) is 10.1. The Bertz CT molecular complexity index is 626. The molecule has 4 nitrogen and oxygen atoms in total. The summed E-state index contributed by atoms with van der Waals surface area (Å²) < 4.78 is 10.0. The molecule has 96 valence electrons. The maximum atomic E-state index is 11.3. The fourth-order valence-corrected chi connectivity index (χ4v) is 1.86. The van der Waals surface area contributed by atoms with Gasteiger partial charge in [-0.05, 0) is 35.9 Å². The first-order valence-electron chi connectivity index (χ1n) is 5.47. The van der Waals surface area contributed by atoms with Crippen LogP contribution in [0.1, 0.15) is 5.56 Å². The highest BCUT2D eigenvalue weighted by atomic mass is 35.5. The van der Waals surface area contributed by atoms with Crippen molar-refractivity contribution in [3.63, 3.8) is 0 Å². The van der Waals surface area contributed by atoms with Crippen molar-refractivity contribution in [1.29, 1.82) is 5.26 Å². The number of carbonyl (C=O) groups excluding carboxylic acids is 1. The Kier molecular flexibility index (Phi) is 3.88. The number of hydrogen-bond donors (Lipinski definition) is 0. The largest absolute Gasteiger partial charge is 0.488 e. The summed E-state index contributed by atoms with van der Waals surface area (Å²) in [5.74, 6) is 0.0541. The van der Waals surface area contributed by atoms with Crippen LogP contribution >= 0.6 is 11.6 Å². The van der Waals surface area contributed by atoms with Crippen LogP contribution in [0.25, 0.3) is 6.08 Å². The second kappa shape index (κ2) is 5.59. The third-order valence-electron chi connectivity index (χ3n) is 2.56.